The Kier molecular flexibility index (Phi) is 3.53. The molecule has 6 nitrogen and oxygen atoms in total. The van der Waals surface area contributed by atoms with Gasteiger partial charge in [-0.2, -0.15) is 13.2 Å². The Hall–Kier alpha value is -4.01. The number of H-pyrrole nitrogens is 2. The van der Waals surface area contributed by atoms with Gasteiger partial charge in [0.15, 0.2) is 0 Å². The van der Waals surface area contributed by atoms with Gasteiger partial charge in [0.05, 0.1) is 27.9 Å². The number of rotatable bonds is 3. The van der Waals surface area contributed by atoms with Gasteiger partial charge in [-0.05, 0) is 48.5 Å². The fourth-order valence-electron chi connectivity index (χ4n) is 4.75. The Labute approximate surface area is 184 Å². The lowest BCUT2D eigenvalue weighted by Gasteiger charge is -2.11. The largest absolute Gasteiger partial charge is 0.489 e. The van der Waals surface area contributed by atoms with Crippen LogP contribution in [0, 0.1) is 0 Å². The number of fused-ring (bicyclic) bond motifs is 5. The third-order valence-electron chi connectivity index (χ3n) is 6.35. The zero-order chi connectivity index (χ0) is 22.3. The Morgan fingerprint density at radius 1 is 1.00 bits per heavy atom. The number of nitrogens with zero attached hydrogens (tertiary/aromatic N) is 2. The quantitative estimate of drug-likeness (QED) is 0.361. The van der Waals surface area contributed by atoms with Gasteiger partial charge >= 0.3 is 6.18 Å². The Morgan fingerprint density at radius 2 is 1.91 bits per heavy atom. The van der Waals surface area contributed by atoms with Crippen LogP contribution >= 0.6 is 0 Å². The second-order valence-corrected chi connectivity index (χ2v) is 8.34. The molecule has 0 radical (unpaired) electrons. The number of imidazole rings is 1. The lowest BCUT2D eigenvalue weighted by molar-refractivity contribution is -0.137. The van der Waals surface area contributed by atoms with Crippen molar-refractivity contribution >= 4 is 22.1 Å². The molecular weight excluding hydrogens is 433 g/mol. The second-order valence-electron chi connectivity index (χ2n) is 8.34. The number of aromatic nitrogens is 4. The van der Waals surface area contributed by atoms with Crippen LogP contribution in [-0.4, -0.2) is 26.0 Å². The maximum atomic E-state index is 13.0. The first-order valence-electron chi connectivity index (χ1n) is 10.4. The predicted octanol–water partition coefficient (Wildman–Crippen LogP) is 5.89. The molecule has 0 spiro atoms. The molecule has 33 heavy (non-hydrogen) atoms. The molecule has 2 aliphatic rings. The average Bonchev–Trinajstić information content (AvgIpc) is 3.18. The highest BCUT2D eigenvalue weighted by Crippen LogP contribution is 2.63. The van der Waals surface area contributed by atoms with Crippen molar-refractivity contribution < 1.29 is 22.6 Å². The first kappa shape index (κ1) is 18.6. The standard InChI is InChI=1S/C24H15F3N4O2/c25-24(26,27)11-1-3-15-16(9-11)31-23(30-15)20-19-14-10-12(2-4-17(14)33-21(19)20)32-18-6-8-29-22-13(18)5-7-28-22/h1-10,19-21H,(H,28,29)(H,30,31). The summed E-state index contributed by atoms with van der Waals surface area (Å²) in [6.45, 7) is 0. The van der Waals surface area contributed by atoms with Crippen LogP contribution in [0.5, 0.6) is 17.2 Å². The van der Waals surface area contributed by atoms with E-state index in [-0.39, 0.29) is 17.9 Å². The first-order chi connectivity index (χ1) is 16.0. The Balaban J connectivity index is 1.18. The SMILES string of the molecule is FC(F)(F)c1ccc2nc(C3C4Oc5ccc(Oc6ccnc7[nH]ccc67)cc5C43)[nH]c2c1. The molecule has 0 amide bonds. The normalized spacial score (nSPS) is 21.1. The zero-order valence-corrected chi connectivity index (χ0v) is 16.9. The van der Waals surface area contributed by atoms with Crippen LogP contribution in [0.1, 0.15) is 28.8 Å². The topological polar surface area (TPSA) is 75.8 Å². The lowest BCUT2D eigenvalue weighted by atomic mass is 10.1. The molecule has 0 bridgehead atoms. The minimum absolute atomic E-state index is 0.0354. The molecule has 164 valence electrons. The molecule has 3 atom stereocenters. The van der Waals surface area contributed by atoms with Gasteiger partial charge < -0.3 is 19.4 Å². The van der Waals surface area contributed by atoms with Crippen LogP contribution in [-0.2, 0) is 6.18 Å². The van der Waals surface area contributed by atoms with Crippen molar-refractivity contribution in [1.29, 1.82) is 0 Å². The molecular formula is C24H15F3N4O2. The smallest absolute Gasteiger partial charge is 0.416 e. The van der Waals surface area contributed by atoms with E-state index in [1.807, 2.05) is 36.5 Å². The number of alkyl halides is 3. The summed E-state index contributed by atoms with van der Waals surface area (Å²) < 4.78 is 51.3. The van der Waals surface area contributed by atoms with Gasteiger partial charge in [0.25, 0.3) is 0 Å². The van der Waals surface area contributed by atoms with Crippen LogP contribution in [0.4, 0.5) is 13.2 Å². The van der Waals surface area contributed by atoms with E-state index >= 15 is 0 Å². The summed E-state index contributed by atoms with van der Waals surface area (Å²) >= 11 is 0. The molecule has 1 aliphatic carbocycles. The maximum Gasteiger partial charge on any atom is 0.416 e. The van der Waals surface area contributed by atoms with E-state index in [2.05, 4.69) is 19.9 Å². The lowest BCUT2D eigenvalue weighted by Crippen LogP contribution is -2.04. The monoisotopic (exact) mass is 448 g/mol. The molecule has 7 rings (SSSR count). The van der Waals surface area contributed by atoms with Crippen molar-refractivity contribution in [3.63, 3.8) is 0 Å². The highest BCUT2D eigenvalue weighted by Gasteiger charge is 2.61. The van der Waals surface area contributed by atoms with Crippen molar-refractivity contribution in [2.24, 2.45) is 0 Å². The molecule has 1 fully saturated rings. The molecule has 1 saturated carbocycles. The molecule has 3 unspecified atom stereocenters. The van der Waals surface area contributed by atoms with Crippen LogP contribution in [0.2, 0.25) is 0 Å². The van der Waals surface area contributed by atoms with Crippen molar-refractivity contribution in [2.45, 2.75) is 24.1 Å². The average molecular weight is 448 g/mol. The minimum Gasteiger partial charge on any atom is -0.489 e. The van der Waals surface area contributed by atoms with Crippen LogP contribution in [0.3, 0.4) is 0 Å². The summed E-state index contributed by atoms with van der Waals surface area (Å²) in [6.07, 6.45) is -0.987. The molecule has 2 N–H and O–H groups in total. The predicted molar refractivity (Wildman–Crippen MR) is 114 cm³/mol. The van der Waals surface area contributed by atoms with E-state index < -0.39 is 11.7 Å². The van der Waals surface area contributed by atoms with E-state index in [9.17, 15) is 13.2 Å². The van der Waals surface area contributed by atoms with Gasteiger partial charge in [-0.25, -0.2) is 9.97 Å². The molecule has 0 saturated heterocycles. The highest BCUT2D eigenvalue weighted by molar-refractivity contribution is 5.82. The van der Waals surface area contributed by atoms with E-state index in [4.69, 9.17) is 9.47 Å². The molecule has 1 aliphatic heterocycles. The van der Waals surface area contributed by atoms with Crippen LogP contribution in [0.15, 0.2) is 60.9 Å². The first-order valence-corrected chi connectivity index (χ1v) is 10.4. The van der Waals surface area contributed by atoms with Gasteiger partial charge in [-0.3, -0.25) is 0 Å². The van der Waals surface area contributed by atoms with Gasteiger partial charge in [0, 0.05) is 23.9 Å². The minimum atomic E-state index is -4.39. The van der Waals surface area contributed by atoms with Crippen molar-refractivity contribution in [2.75, 3.05) is 0 Å². The third-order valence-corrected chi connectivity index (χ3v) is 6.35. The maximum absolute atomic E-state index is 13.0. The molecule has 3 aromatic heterocycles. The second kappa shape index (κ2) is 6.28. The zero-order valence-electron chi connectivity index (χ0n) is 16.9. The number of hydrogen-bond acceptors (Lipinski definition) is 4. The van der Waals surface area contributed by atoms with E-state index in [0.29, 0.717) is 28.4 Å². The number of hydrogen-bond donors (Lipinski definition) is 2. The Morgan fingerprint density at radius 3 is 2.79 bits per heavy atom. The number of aromatic amines is 2. The fourth-order valence-corrected chi connectivity index (χ4v) is 4.75. The number of halogens is 3. The number of nitrogens with one attached hydrogen (secondary N) is 2. The highest BCUT2D eigenvalue weighted by atomic mass is 19.4. The van der Waals surface area contributed by atoms with E-state index in [1.165, 1.54) is 6.07 Å². The summed E-state index contributed by atoms with van der Waals surface area (Å²) in [4.78, 5) is 14.9. The summed E-state index contributed by atoms with van der Waals surface area (Å²) in [5, 5.41) is 0.886. The van der Waals surface area contributed by atoms with Gasteiger partial charge in [-0.15, -0.1) is 0 Å². The molecule has 2 aromatic carbocycles. The number of ether oxygens (including phenoxy) is 2. The van der Waals surface area contributed by atoms with Crippen molar-refractivity contribution in [3.05, 3.63) is 77.9 Å². The number of pyridine rings is 1. The summed E-state index contributed by atoms with van der Waals surface area (Å²) in [5.74, 6) is 2.85. The summed E-state index contributed by atoms with van der Waals surface area (Å²) in [5.41, 5.74) is 1.94. The van der Waals surface area contributed by atoms with Gasteiger partial charge in [-0.1, -0.05) is 0 Å². The third kappa shape index (κ3) is 2.81. The Bertz CT molecular complexity index is 1550. The van der Waals surface area contributed by atoms with Crippen LogP contribution in [0.25, 0.3) is 22.1 Å². The van der Waals surface area contributed by atoms with Crippen molar-refractivity contribution in [3.8, 4) is 17.2 Å². The van der Waals surface area contributed by atoms with E-state index in [0.717, 1.165) is 34.5 Å². The van der Waals surface area contributed by atoms with Crippen molar-refractivity contribution in [1.82, 2.24) is 19.9 Å². The van der Waals surface area contributed by atoms with Gasteiger partial charge in [0.2, 0.25) is 0 Å². The van der Waals surface area contributed by atoms with E-state index in [1.54, 1.807) is 6.20 Å². The summed E-state index contributed by atoms with van der Waals surface area (Å²) in [6, 6.07) is 13.0. The number of benzene rings is 2. The fraction of sp³-hybridized carbons (Fsp3) is 0.167. The molecule has 5 aromatic rings. The summed E-state index contributed by atoms with van der Waals surface area (Å²) in [7, 11) is 0. The van der Waals surface area contributed by atoms with Gasteiger partial charge in [0.1, 0.15) is 34.8 Å². The molecule has 4 heterocycles. The van der Waals surface area contributed by atoms with Crippen LogP contribution < -0.4 is 9.47 Å². The molecule has 9 heteroatoms.